The van der Waals surface area contributed by atoms with E-state index in [1.807, 2.05) is 25.1 Å². The summed E-state index contributed by atoms with van der Waals surface area (Å²) in [6.07, 6.45) is 4.61. The molecule has 0 bridgehead atoms. The molecule has 0 radical (unpaired) electrons. The van der Waals surface area contributed by atoms with Crippen LogP contribution in [0.4, 0.5) is 0 Å². The van der Waals surface area contributed by atoms with E-state index >= 15 is 0 Å². The third kappa shape index (κ3) is 3.59. The van der Waals surface area contributed by atoms with E-state index in [4.69, 9.17) is 15.3 Å². The number of rotatable bonds is 5. The highest BCUT2D eigenvalue weighted by atomic mass is 16.5. The molecule has 1 fully saturated rings. The molecule has 2 rings (SSSR count). The zero-order valence-electron chi connectivity index (χ0n) is 11.8. The maximum atomic E-state index is 10.9. The molecule has 1 aliphatic carbocycles. The summed E-state index contributed by atoms with van der Waals surface area (Å²) in [6.45, 7) is 2.60. The average molecular weight is 275 g/mol. The lowest BCUT2D eigenvalue weighted by molar-refractivity contribution is -0.143. The first-order valence-electron chi connectivity index (χ1n) is 7.07. The van der Waals surface area contributed by atoms with Gasteiger partial charge in [-0.25, -0.2) is 0 Å². The van der Waals surface area contributed by atoms with E-state index in [0.29, 0.717) is 12.5 Å². The number of aryl methyl sites for hydroxylation is 1. The lowest BCUT2D eigenvalue weighted by Crippen LogP contribution is -2.24. The zero-order valence-corrected chi connectivity index (χ0v) is 11.8. The molecule has 0 amide bonds. The molecule has 4 nitrogen and oxygen atoms in total. The fourth-order valence-corrected chi connectivity index (χ4v) is 2.70. The van der Waals surface area contributed by atoms with Gasteiger partial charge in [-0.2, -0.15) is 0 Å². The van der Waals surface area contributed by atoms with Gasteiger partial charge < -0.3 is 15.3 Å². The molecule has 0 heterocycles. The zero-order chi connectivity index (χ0) is 14.5. The Balaban J connectivity index is 1.87. The summed E-state index contributed by atoms with van der Waals surface area (Å²) in [4.78, 5) is 10.9. The van der Waals surface area contributed by atoms with Crippen molar-refractivity contribution < 1.29 is 14.6 Å². The number of aliphatic carboxylic acids is 1. The van der Waals surface area contributed by atoms with E-state index in [1.165, 1.54) is 6.21 Å². The number of hydrogen-bond acceptors (Lipinski definition) is 3. The summed E-state index contributed by atoms with van der Waals surface area (Å²) in [6, 6.07) is 5.81. The molecule has 1 aromatic carbocycles. The third-order valence-corrected chi connectivity index (χ3v) is 3.99. The van der Waals surface area contributed by atoms with E-state index in [2.05, 4.69) is 0 Å². The van der Waals surface area contributed by atoms with Gasteiger partial charge in [0.2, 0.25) is 0 Å². The molecule has 2 N–H and O–H groups in total. The highest BCUT2D eigenvalue weighted by Gasteiger charge is 2.26. The van der Waals surface area contributed by atoms with Crippen LogP contribution in [0.5, 0.6) is 5.75 Å². The second-order valence-electron chi connectivity index (χ2n) is 5.55. The largest absolute Gasteiger partial charge is 0.493 e. The molecule has 0 spiro atoms. The molecule has 1 saturated carbocycles. The Morgan fingerprint density at radius 1 is 1.40 bits per heavy atom. The molecule has 0 aliphatic heterocycles. The van der Waals surface area contributed by atoms with Crippen LogP contribution >= 0.6 is 0 Å². The van der Waals surface area contributed by atoms with Gasteiger partial charge in [0.15, 0.2) is 0 Å². The summed E-state index contributed by atoms with van der Waals surface area (Å²) >= 11 is 0. The van der Waals surface area contributed by atoms with Gasteiger partial charge in [0.25, 0.3) is 0 Å². The molecule has 0 aromatic heterocycles. The van der Waals surface area contributed by atoms with Gasteiger partial charge in [0.05, 0.1) is 12.5 Å². The number of nitrogens with one attached hydrogen (secondary N) is 1. The predicted octanol–water partition coefficient (Wildman–Crippen LogP) is 3.26. The van der Waals surface area contributed by atoms with E-state index in [9.17, 15) is 4.79 Å². The van der Waals surface area contributed by atoms with Crippen LogP contribution in [0.2, 0.25) is 0 Å². The van der Waals surface area contributed by atoms with Crippen LogP contribution in [0.1, 0.15) is 36.8 Å². The lowest BCUT2D eigenvalue weighted by Gasteiger charge is -2.26. The van der Waals surface area contributed by atoms with Crippen LogP contribution < -0.4 is 4.74 Å². The Kier molecular flexibility index (Phi) is 4.77. The van der Waals surface area contributed by atoms with Crippen molar-refractivity contribution >= 4 is 12.2 Å². The molecule has 4 heteroatoms. The van der Waals surface area contributed by atoms with Crippen LogP contribution in [-0.2, 0) is 4.79 Å². The topological polar surface area (TPSA) is 70.4 Å². The van der Waals surface area contributed by atoms with Gasteiger partial charge in [-0.3, -0.25) is 4.79 Å². The summed E-state index contributed by atoms with van der Waals surface area (Å²) in [5.41, 5.74) is 1.90. The number of carboxylic acids is 1. The highest BCUT2D eigenvalue weighted by Crippen LogP contribution is 2.30. The molecule has 20 heavy (non-hydrogen) atoms. The van der Waals surface area contributed by atoms with Crippen LogP contribution in [0, 0.1) is 24.2 Å². The van der Waals surface area contributed by atoms with E-state index in [-0.39, 0.29) is 5.92 Å². The van der Waals surface area contributed by atoms with Crippen molar-refractivity contribution in [2.75, 3.05) is 6.61 Å². The molecule has 108 valence electrons. The quantitative estimate of drug-likeness (QED) is 0.810. The van der Waals surface area contributed by atoms with Gasteiger partial charge in [-0.1, -0.05) is 11.6 Å². The Bertz CT molecular complexity index is 490. The van der Waals surface area contributed by atoms with Crippen molar-refractivity contribution in [3.8, 4) is 5.75 Å². The van der Waals surface area contributed by atoms with Crippen LogP contribution in [0.3, 0.4) is 0 Å². The maximum Gasteiger partial charge on any atom is 0.306 e. The first-order chi connectivity index (χ1) is 9.60. The summed E-state index contributed by atoms with van der Waals surface area (Å²) in [5.74, 6) is 0.313. The molecule has 1 aliphatic rings. The Morgan fingerprint density at radius 3 is 2.70 bits per heavy atom. The fraction of sp³-hybridized carbons (Fsp3) is 0.500. The fourth-order valence-electron chi connectivity index (χ4n) is 2.70. The number of benzene rings is 1. The average Bonchev–Trinajstić information content (AvgIpc) is 2.46. The minimum atomic E-state index is -0.672. The van der Waals surface area contributed by atoms with Gasteiger partial charge in [-0.15, -0.1) is 0 Å². The molecule has 0 atom stereocenters. The first kappa shape index (κ1) is 14.6. The van der Waals surface area contributed by atoms with Crippen LogP contribution in [0.25, 0.3) is 0 Å². The van der Waals surface area contributed by atoms with Crippen molar-refractivity contribution in [1.82, 2.24) is 0 Å². The van der Waals surface area contributed by atoms with Gasteiger partial charge in [-0.05, 0) is 50.7 Å². The minimum absolute atomic E-state index is 0.178. The van der Waals surface area contributed by atoms with Crippen molar-refractivity contribution in [2.45, 2.75) is 32.6 Å². The van der Waals surface area contributed by atoms with E-state index < -0.39 is 5.97 Å². The Hall–Kier alpha value is -1.84. The van der Waals surface area contributed by atoms with Crippen molar-refractivity contribution in [3.63, 3.8) is 0 Å². The smallest absolute Gasteiger partial charge is 0.306 e. The number of carboxylic acid groups (broad SMARTS) is 1. The monoisotopic (exact) mass is 275 g/mol. The number of ether oxygens (including phenoxy) is 1. The van der Waals surface area contributed by atoms with Gasteiger partial charge in [0.1, 0.15) is 5.75 Å². The second kappa shape index (κ2) is 6.55. The molecule has 0 unspecified atom stereocenters. The van der Waals surface area contributed by atoms with E-state index in [1.54, 1.807) is 0 Å². The number of hydrogen-bond donors (Lipinski definition) is 2. The Labute approximate surface area is 119 Å². The van der Waals surface area contributed by atoms with Crippen LogP contribution in [-0.4, -0.2) is 23.9 Å². The summed E-state index contributed by atoms with van der Waals surface area (Å²) in [7, 11) is 0. The van der Waals surface area contributed by atoms with Crippen molar-refractivity contribution in [3.05, 3.63) is 29.3 Å². The number of carbonyl (C=O) groups is 1. The molecule has 0 saturated heterocycles. The van der Waals surface area contributed by atoms with Gasteiger partial charge >= 0.3 is 5.97 Å². The molecular weight excluding hydrogens is 254 g/mol. The van der Waals surface area contributed by atoms with E-state index in [0.717, 1.165) is 42.6 Å². The van der Waals surface area contributed by atoms with Crippen molar-refractivity contribution in [1.29, 1.82) is 5.41 Å². The maximum absolute atomic E-state index is 10.9. The van der Waals surface area contributed by atoms with Crippen LogP contribution in [0.15, 0.2) is 18.2 Å². The lowest BCUT2D eigenvalue weighted by atomic mass is 9.82. The van der Waals surface area contributed by atoms with Gasteiger partial charge in [0, 0.05) is 11.8 Å². The first-order valence-corrected chi connectivity index (χ1v) is 7.07. The second-order valence-corrected chi connectivity index (χ2v) is 5.55. The Morgan fingerprint density at radius 2 is 2.10 bits per heavy atom. The molecular formula is C16H21NO3. The summed E-state index contributed by atoms with van der Waals surface area (Å²) < 4.78 is 5.82. The predicted molar refractivity (Wildman–Crippen MR) is 77.6 cm³/mol. The SMILES string of the molecule is Cc1ccc(OCC2CCC(C(=O)O)CC2)c(C=N)c1. The highest BCUT2D eigenvalue weighted by molar-refractivity contribution is 5.81. The normalized spacial score (nSPS) is 22.2. The third-order valence-electron chi connectivity index (χ3n) is 3.99. The summed E-state index contributed by atoms with van der Waals surface area (Å²) in [5, 5.41) is 16.4. The van der Waals surface area contributed by atoms with Crippen molar-refractivity contribution in [2.24, 2.45) is 11.8 Å². The standard InChI is InChI=1S/C16H21NO3/c1-11-2-7-15(14(8-11)9-17)20-10-12-3-5-13(6-4-12)16(18)19/h2,7-9,12-13,17H,3-6,10H2,1H3,(H,18,19). The molecule has 1 aromatic rings. The minimum Gasteiger partial charge on any atom is -0.493 e.